The van der Waals surface area contributed by atoms with Crippen molar-refractivity contribution >= 4 is 16.6 Å². The first-order valence-corrected chi connectivity index (χ1v) is 3.78. The summed E-state index contributed by atoms with van der Waals surface area (Å²) < 4.78 is 38.6. The number of hydrogen-bond acceptors (Lipinski definition) is 2. The van der Waals surface area contributed by atoms with Gasteiger partial charge in [0.2, 0.25) is 0 Å². The maximum atomic E-state index is 13.1. The number of nitrogens with two attached hydrogens (primary N) is 1. The molecule has 0 unspecified atom stereocenters. The Labute approximate surface area is 77.2 Å². The number of nitrogen functional groups attached to an aromatic ring is 1. The van der Waals surface area contributed by atoms with E-state index in [1.807, 2.05) is 0 Å². The van der Waals surface area contributed by atoms with Crippen LogP contribution >= 0.6 is 0 Å². The predicted octanol–water partition coefficient (Wildman–Crippen LogP) is 2.23. The van der Waals surface area contributed by atoms with Gasteiger partial charge in [-0.2, -0.15) is 0 Å². The molecule has 0 saturated carbocycles. The molecule has 0 bridgehead atoms. The van der Waals surface area contributed by atoms with Crippen LogP contribution in [0.2, 0.25) is 0 Å². The highest BCUT2D eigenvalue weighted by atomic mass is 19.2. The van der Waals surface area contributed by atoms with Crippen LogP contribution in [-0.4, -0.2) is 4.98 Å². The Balaban J connectivity index is 2.91. The van der Waals surface area contributed by atoms with Crippen molar-refractivity contribution in [1.82, 2.24) is 4.98 Å². The zero-order valence-corrected chi connectivity index (χ0v) is 6.89. The molecule has 0 spiro atoms. The van der Waals surface area contributed by atoms with Crippen molar-refractivity contribution in [3.05, 3.63) is 35.8 Å². The Morgan fingerprint density at radius 2 is 1.79 bits per heavy atom. The lowest BCUT2D eigenvalue weighted by molar-refractivity contribution is 0.452. The van der Waals surface area contributed by atoms with E-state index in [0.717, 1.165) is 6.07 Å². The number of fused-ring (bicyclic) bond motifs is 1. The third kappa shape index (κ3) is 1.17. The smallest absolute Gasteiger partial charge is 0.196 e. The molecule has 2 rings (SSSR count). The quantitative estimate of drug-likeness (QED) is 0.659. The van der Waals surface area contributed by atoms with E-state index in [4.69, 9.17) is 5.73 Å². The number of anilines is 1. The average Bonchev–Trinajstić information content (AvgIpc) is 2.14. The highest BCUT2D eigenvalue weighted by Gasteiger charge is 2.14. The molecular formula is C9H5F3N2. The van der Waals surface area contributed by atoms with E-state index in [-0.39, 0.29) is 16.6 Å². The SMILES string of the molecule is Nc1cnc2c(F)c(F)c(F)cc2c1. The molecule has 5 heteroatoms. The number of aromatic nitrogens is 1. The van der Waals surface area contributed by atoms with Gasteiger partial charge in [0.25, 0.3) is 0 Å². The molecule has 72 valence electrons. The molecule has 2 nitrogen and oxygen atoms in total. The largest absolute Gasteiger partial charge is 0.397 e. The minimum atomic E-state index is -1.52. The minimum absolute atomic E-state index is 0.140. The van der Waals surface area contributed by atoms with Gasteiger partial charge in [-0.3, -0.25) is 4.98 Å². The maximum absolute atomic E-state index is 13.1. The Morgan fingerprint density at radius 3 is 2.50 bits per heavy atom. The van der Waals surface area contributed by atoms with Crippen molar-refractivity contribution in [1.29, 1.82) is 0 Å². The lowest BCUT2D eigenvalue weighted by atomic mass is 10.2. The molecule has 2 N–H and O–H groups in total. The van der Waals surface area contributed by atoms with Gasteiger partial charge < -0.3 is 5.73 Å². The highest BCUT2D eigenvalue weighted by Crippen LogP contribution is 2.22. The first-order chi connectivity index (χ1) is 6.59. The van der Waals surface area contributed by atoms with Gasteiger partial charge in [0.1, 0.15) is 5.52 Å². The van der Waals surface area contributed by atoms with Crippen LogP contribution < -0.4 is 5.73 Å². The van der Waals surface area contributed by atoms with E-state index < -0.39 is 17.5 Å². The summed E-state index contributed by atoms with van der Waals surface area (Å²) >= 11 is 0. The van der Waals surface area contributed by atoms with Crippen molar-refractivity contribution in [3.8, 4) is 0 Å². The fourth-order valence-electron chi connectivity index (χ4n) is 1.20. The molecule has 1 aromatic carbocycles. The van der Waals surface area contributed by atoms with E-state index in [1.54, 1.807) is 0 Å². The lowest BCUT2D eigenvalue weighted by Crippen LogP contribution is -1.95. The molecule has 0 amide bonds. The van der Waals surface area contributed by atoms with Gasteiger partial charge in [0.15, 0.2) is 17.5 Å². The monoisotopic (exact) mass is 198 g/mol. The fourth-order valence-corrected chi connectivity index (χ4v) is 1.20. The van der Waals surface area contributed by atoms with Crippen molar-refractivity contribution in [2.24, 2.45) is 0 Å². The van der Waals surface area contributed by atoms with Crippen LogP contribution in [0.5, 0.6) is 0 Å². The minimum Gasteiger partial charge on any atom is -0.397 e. The summed E-state index contributed by atoms with van der Waals surface area (Å²) in [6.45, 7) is 0. The highest BCUT2D eigenvalue weighted by molar-refractivity contribution is 5.81. The molecule has 0 radical (unpaired) electrons. The predicted molar refractivity (Wildman–Crippen MR) is 46.0 cm³/mol. The molecule has 14 heavy (non-hydrogen) atoms. The first kappa shape index (κ1) is 8.80. The van der Waals surface area contributed by atoms with Crippen molar-refractivity contribution in [2.45, 2.75) is 0 Å². The van der Waals surface area contributed by atoms with Crippen molar-refractivity contribution < 1.29 is 13.2 Å². The third-order valence-corrected chi connectivity index (χ3v) is 1.83. The van der Waals surface area contributed by atoms with E-state index in [9.17, 15) is 13.2 Å². The summed E-state index contributed by atoms with van der Waals surface area (Å²) in [7, 11) is 0. The number of halogens is 3. The van der Waals surface area contributed by atoms with Crippen LogP contribution in [0.4, 0.5) is 18.9 Å². The van der Waals surface area contributed by atoms with Crippen LogP contribution in [-0.2, 0) is 0 Å². The van der Waals surface area contributed by atoms with E-state index in [0.29, 0.717) is 0 Å². The standard InChI is InChI=1S/C9H5F3N2/c10-6-2-4-1-5(13)3-14-9(4)8(12)7(6)11/h1-3H,13H2. The second-order valence-electron chi connectivity index (χ2n) is 2.83. The Bertz CT molecular complexity index is 511. The maximum Gasteiger partial charge on any atom is 0.196 e. The van der Waals surface area contributed by atoms with Crippen LogP contribution in [0.25, 0.3) is 10.9 Å². The summed E-state index contributed by atoms with van der Waals surface area (Å²) in [5.41, 5.74) is 5.40. The number of rotatable bonds is 0. The fraction of sp³-hybridized carbons (Fsp3) is 0. The molecule has 0 aliphatic heterocycles. The van der Waals surface area contributed by atoms with E-state index in [1.165, 1.54) is 12.3 Å². The van der Waals surface area contributed by atoms with Crippen LogP contribution in [0.3, 0.4) is 0 Å². The van der Waals surface area contributed by atoms with Crippen LogP contribution in [0.15, 0.2) is 18.3 Å². The Hall–Kier alpha value is -1.78. The van der Waals surface area contributed by atoms with Gasteiger partial charge in [0.05, 0.1) is 11.9 Å². The molecular weight excluding hydrogens is 193 g/mol. The zero-order chi connectivity index (χ0) is 10.3. The summed E-state index contributed by atoms with van der Waals surface area (Å²) in [6.07, 6.45) is 1.18. The average molecular weight is 198 g/mol. The zero-order valence-electron chi connectivity index (χ0n) is 6.89. The molecule has 0 atom stereocenters. The van der Waals surface area contributed by atoms with Gasteiger partial charge in [-0.25, -0.2) is 13.2 Å². The van der Waals surface area contributed by atoms with Gasteiger partial charge in [-0.1, -0.05) is 0 Å². The van der Waals surface area contributed by atoms with Crippen molar-refractivity contribution in [2.75, 3.05) is 5.73 Å². The normalized spacial score (nSPS) is 10.8. The van der Waals surface area contributed by atoms with Gasteiger partial charge in [0, 0.05) is 5.39 Å². The third-order valence-electron chi connectivity index (χ3n) is 1.83. The number of nitrogens with zero attached hydrogens (tertiary/aromatic N) is 1. The number of hydrogen-bond donors (Lipinski definition) is 1. The molecule has 1 aromatic heterocycles. The van der Waals surface area contributed by atoms with Gasteiger partial charge in [-0.15, -0.1) is 0 Å². The van der Waals surface area contributed by atoms with E-state index in [2.05, 4.69) is 4.98 Å². The van der Waals surface area contributed by atoms with Gasteiger partial charge >= 0.3 is 0 Å². The molecule has 0 fully saturated rings. The van der Waals surface area contributed by atoms with E-state index >= 15 is 0 Å². The summed E-state index contributed by atoms with van der Waals surface area (Å²) in [6, 6.07) is 2.19. The van der Waals surface area contributed by atoms with Crippen LogP contribution in [0.1, 0.15) is 0 Å². The molecule has 1 heterocycles. The topological polar surface area (TPSA) is 38.9 Å². The molecule has 2 aromatic rings. The summed E-state index contributed by atoms with van der Waals surface area (Å²) in [5.74, 6) is -4.06. The summed E-state index contributed by atoms with van der Waals surface area (Å²) in [4.78, 5) is 3.58. The first-order valence-electron chi connectivity index (χ1n) is 3.78. The second kappa shape index (κ2) is 2.87. The molecule has 0 saturated heterocycles. The Morgan fingerprint density at radius 1 is 1.07 bits per heavy atom. The van der Waals surface area contributed by atoms with Crippen LogP contribution in [0, 0.1) is 17.5 Å². The van der Waals surface area contributed by atoms with Crippen molar-refractivity contribution in [3.63, 3.8) is 0 Å². The number of benzene rings is 1. The van der Waals surface area contributed by atoms with Gasteiger partial charge in [-0.05, 0) is 12.1 Å². The second-order valence-corrected chi connectivity index (χ2v) is 2.83. The lowest BCUT2D eigenvalue weighted by Gasteiger charge is -2.01. The Kier molecular flexibility index (Phi) is 1.80. The molecule has 0 aliphatic carbocycles. The molecule has 0 aliphatic rings. The summed E-state index contributed by atoms with van der Waals surface area (Å²) in [5, 5.41) is 0.140. The number of pyridine rings is 1.